The Balaban J connectivity index is 0.000000262. The molecule has 0 aromatic heterocycles. The maximum absolute atomic E-state index is 10.9. The quantitative estimate of drug-likeness (QED) is 0.391. The van der Waals surface area contributed by atoms with Gasteiger partial charge in [-0.1, -0.05) is 57.0 Å². The molecule has 0 aliphatic rings. The number of carbonyl (C=O) groups is 2. The van der Waals surface area contributed by atoms with Crippen LogP contribution in [-0.4, -0.2) is 11.6 Å². The molecule has 26 heavy (non-hydrogen) atoms. The van der Waals surface area contributed by atoms with Crippen LogP contribution in [0.1, 0.15) is 53.4 Å². The van der Waals surface area contributed by atoms with Gasteiger partial charge in [-0.25, -0.2) is 0 Å². The van der Waals surface area contributed by atoms with Crippen molar-refractivity contribution in [3.8, 4) is 0 Å². The van der Waals surface area contributed by atoms with Crippen LogP contribution >= 0.6 is 0 Å². The summed E-state index contributed by atoms with van der Waals surface area (Å²) in [5, 5.41) is 2.43. The standard InChI is InChI=1S/C12H22O2.C10H10N2/c1-9(11(3)13)7-5-6-8-10(2)12(4)14;11-12-10-6-5-8-3-1-2-4-9(8)7-10/h9-10H,5-8H2,1-4H3;1-7,12H,11H2. The fraction of sp³-hybridized carbons (Fsp3) is 0.455. The summed E-state index contributed by atoms with van der Waals surface area (Å²) in [5.74, 6) is 6.19. The third-order valence-corrected chi connectivity index (χ3v) is 4.83. The Morgan fingerprint density at radius 3 is 1.85 bits per heavy atom. The summed E-state index contributed by atoms with van der Waals surface area (Å²) >= 11 is 0. The number of ketones is 2. The van der Waals surface area contributed by atoms with Gasteiger partial charge in [0.2, 0.25) is 0 Å². The van der Waals surface area contributed by atoms with Gasteiger partial charge in [0.1, 0.15) is 11.6 Å². The molecule has 3 N–H and O–H groups in total. The summed E-state index contributed by atoms with van der Waals surface area (Å²) in [6, 6.07) is 14.2. The first-order valence-electron chi connectivity index (χ1n) is 9.31. The van der Waals surface area contributed by atoms with Crippen molar-refractivity contribution < 1.29 is 9.59 Å². The molecule has 0 aliphatic carbocycles. The number of nitrogens with two attached hydrogens (primary N) is 1. The molecule has 0 radical (unpaired) electrons. The summed E-state index contributed by atoms with van der Waals surface area (Å²) in [5.41, 5.74) is 3.56. The molecule has 0 fully saturated rings. The molecule has 0 heterocycles. The van der Waals surface area contributed by atoms with Crippen molar-refractivity contribution in [3.63, 3.8) is 0 Å². The summed E-state index contributed by atoms with van der Waals surface area (Å²) in [7, 11) is 0. The van der Waals surface area contributed by atoms with E-state index in [1.165, 1.54) is 10.8 Å². The second-order valence-electron chi connectivity index (χ2n) is 7.01. The number of fused-ring (bicyclic) bond motifs is 1. The third kappa shape index (κ3) is 7.79. The van der Waals surface area contributed by atoms with Crippen LogP contribution in [0.5, 0.6) is 0 Å². The smallest absolute Gasteiger partial charge is 0.132 e. The molecular formula is C22H32N2O2. The molecule has 2 aromatic rings. The van der Waals surface area contributed by atoms with E-state index >= 15 is 0 Å². The number of nitrogens with one attached hydrogen (secondary N) is 1. The predicted octanol–water partition coefficient (Wildman–Crippen LogP) is 5.12. The number of nitrogen functional groups attached to an aromatic ring is 1. The van der Waals surface area contributed by atoms with Gasteiger partial charge >= 0.3 is 0 Å². The van der Waals surface area contributed by atoms with Crippen molar-refractivity contribution in [1.82, 2.24) is 0 Å². The molecule has 0 saturated heterocycles. The Kier molecular flexibility index (Phi) is 9.60. The SMILES string of the molecule is CC(=O)C(C)CCCCC(C)C(C)=O.NNc1ccc2ccccc2c1. The van der Waals surface area contributed by atoms with E-state index in [9.17, 15) is 9.59 Å². The molecule has 0 aliphatic heterocycles. The van der Waals surface area contributed by atoms with Crippen LogP contribution in [-0.2, 0) is 9.59 Å². The Morgan fingerprint density at radius 1 is 0.885 bits per heavy atom. The first-order valence-corrected chi connectivity index (χ1v) is 9.31. The van der Waals surface area contributed by atoms with E-state index in [1.807, 2.05) is 44.2 Å². The largest absolute Gasteiger partial charge is 0.324 e. The molecular weight excluding hydrogens is 324 g/mol. The first-order chi connectivity index (χ1) is 12.3. The number of hydrazine groups is 1. The van der Waals surface area contributed by atoms with Gasteiger partial charge in [0.05, 0.1) is 0 Å². The van der Waals surface area contributed by atoms with Gasteiger partial charge < -0.3 is 5.43 Å². The molecule has 0 bridgehead atoms. The lowest BCUT2D eigenvalue weighted by Gasteiger charge is -2.09. The van der Waals surface area contributed by atoms with E-state index in [0.717, 1.165) is 31.4 Å². The van der Waals surface area contributed by atoms with Crippen molar-refractivity contribution in [3.05, 3.63) is 42.5 Å². The molecule has 2 aromatic carbocycles. The normalized spacial score (nSPS) is 12.7. The van der Waals surface area contributed by atoms with Crippen molar-refractivity contribution in [2.75, 3.05) is 5.43 Å². The van der Waals surface area contributed by atoms with Crippen LogP contribution < -0.4 is 11.3 Å². The van der Waals surface area contributed by atoms with E-state index in [-0.39, 0.29) is 23.4 Å². The lowest BCUT2D eigenvalue weighted by atomic mass is 9.95. The molecule has 2 atom stereocenters. The topological polar surface area (TPSA) is 72.2 Å². The van der Waals surface area contributed by atoms with Crippen LogP contribution in [0.3, 0.4) is 0 Å². The van der Waals surface area contributed by atoms with Crippen LogP contribution in [0, 0.1) is 11.8 Å². The first kappa shape index (κ1) is 21.8. The highest BCUT2D eigenvalue weighted by Gasteiger charge is 2.09. The number of hydrogen-bond donors (Lipinski definition) is 2. The van der Waals surface area contributed by atoms with Crippen molar-refractivity contribution in [2.45, 2.75) is 53.4 Å². The van der Waals surface area contributed by atoms with E-state index in [1.54, 1.807) is 13.8 Å². The zero-order valence-electron chi connectivity index (χ0n) is 16.4. The number of rotatable bonds is 8. The zero-order chi connectivity index (χ0) is 19.5. The van der Waals surface area contributed by atoms with Gasteiger partial charge in [-0.05, 0) is 49.6 Å². The number of carbonyl (C=O) groups excluding carboxylic acids is 2. The number of anilines is 1. The van der Waals surface area contributed by atoms with Crippen LogP contribution in [0.25, 0.3) is 10.8 Å². The molecule has 142 valence electrons. The second kappa shape index (κ2) is 11.4. The minimum absolute atomic E-state index is 0.183. The zero-order valence-corrected chi connectivity index (χ0v) is 16.4. The minimum atomic E-state index is 0.183. The minimum Gasteiger partial charge on any atom is -0.324 e. The van der Waals surface area contributed by atoms with Gasteiger partial charge in [-0.15, -0.1) is 0 Å². The molecule has 2 unspecified atom stereocenters. The van der Waals surface area contributed by atoms with Gasteiger partial charge in [0.15, 0.2) is 0 Å². The average molecular weight is 357 g/mol. The van der Waals surface area contributed by atoms with E-state index < -0.39 is 0 Å². The third-order valence-electron chi connectivity index (χ3n) is 4.83. The Morgan fingerprint density at radius 2 is 1.38 bits per heavy atom. The number of hydrogen-bond acceptors (Lipinski definition) is 4. The maximum Gasteiger partial charge on any atom is 0.132 e. The van der Waals surface area contributed by atoms with Crippen LogP contribution in [0.4, 0.5) is 5.69 Å². The molecule has 4 nitrogen and oxygen atoms in total. The highest BCUT2D eigenvalue weighted by atomic mass is 16.1. The van der Waals surface area contributed by atoms with Gasteiger partial charge in [-0.3, -0.25) is 15.4 Å². The average Bonchev–Trinajstić information content (AvgIpc) is 2.64. The fourth-order valence-electron chi connectivity index (χ4n) is 2.59. The molecule has 0 amide bonds. The molecule has 0 saturated carbocycles. The van der Waals surface area contributed by atoms with E-state index in [0.29, 0.717) is 0 Å². The van der Waals surface area contributed by atoms with Crippen LogP contribution in [0.2, 0.25) is 0 Å². The lowest BCUT2D eigenvalue weighted by Crippen LogP contribution is -2.08. The monoisotopic (exact) mass is 356 g/mol. The Hall–Kier alpha value is -2.20. The predicted molar refractivity (Wildman–Crippen MR) is 110 cm³/mol. The molecule has 2 rings (SSSR count). The van der Waals surface area contributed by atoms with Crippen molar-refractivity contribution in [2.24, 2.45) is 17.7 Å². The van der Waals surface area contributed by atoms with Gasteiger partial charge in [0.25, 0.3) is 0 Å². The fourth-order valence-corrected chi connectivity index (χ4v) is 2.59. The van der Waals surface area contributed by atoms with Gasteiger partial charge in [0, 0.05) is 17.5 Å². The second-order valence-corrected chi connectivity index (χ2v) is 7.01. The van der Waals surface area contributed by atoms with Gasteiger partial charge in [-0.2, -0.15) is 0 Å². The van der Waals surface area contributed by atoms with Crippen molar-refractivity contribution in [1.29, 1.82) is 0 Å². The lowest BCUT2D eigenvalue weighted by molar-refractivity contribution is -0.121. The number of Topliss-reactive ketones (excluding diaryl/α,β-unsaturated/α-hetero) is 2. The van der Waals surface area contributed by atoms with E-state index in [2.05, 4.69) is 17.6 Å². The highest BCUT2D eigenvalue weighted by molar-refractivity contribution is 5.85. The van der Waals surface area contributed by atoms with Crippen LogP contribution in [0.15, 0.2) is 42.5 Å². The van der Waals surface area contributed by atoms with E-state index in [4.69, 9.17) is 5.84 Å². The maximum atomic E-state index is 10.9. The molecule has 4 heteroatoms. The summed E-state index contributed by atoms with van der Waals surface area (Å²) in [6.45, 7) is 7.22. The van der Waals surface area contributed by atoms with Crippen molar-refractivity contribution >= 4 is 28.0 Å². The molecule has 0 spiro atoms. The summed E-state index contributed by atoms with van der Waals surface area (Å²) in [4.78, 5) is 21.9. The Labute approximate surface area is 157 Å². The number of unbranched alkanes of at least 4 members (excludes halogenated alkanes) is 1. The highest BCUT2D eigenvalue weighted by Crippen LogP contribution is 2.17. The number of benzene rings is 2. The summed E-state index contributed by atoms with van der Waals surface area (Å²) in [6.07, 6.45) is 4.02. The Bertz CT molecular complexity index is 690. The summed E-state index contributed by atoms with van der Waals surface area (Å²) < 4.78 is 0.